The Balaban J connectivity index is 1.88. The number of aromatic nitrogens is 1. The second-order valence-corrected chi connectivity index (χ2v) is 6.23. The van der Waals surface area contributed by atoms with Gasteiger partial charge in [-0.2, -0.15) is 0 Å². The minimum absolute atomic E-state index is 0.108. The molecule has 0 aliphatic carbocycles. The molecule has 1 aromatic rings. The topological polar surface area (TPSA) is 48.5 Å². The fourth-order valence-corrected chi connectivity index (χ4v) is 2.95. The Kier molecular flexibility index (Phi) is 4.90. The molecule has 1 aliphatic heterocycles. The zero-order valence-corrected chi connectivity index (χ0v) is 12.7. The maximum absolute atomic E-state index is 11.6. The number of thiazole rings is 1. The Labute approximate surface area is 118 Å². The Hall–Kier alpha value is -0.980. The van der Waals surface area contributed by atoms with Gasteiger partial charge >= 0.3 is 0 Å². The van der Waals surface area contributed by atoms with Gasteiger partial charge in [-0.1, -0.05) is 0 Å². The molecule has 1 saturated heterocycles. The quantitative estimate of drug-likeness (QED) is 0.877. The van der Waals surface area contributed by atoms with Crippen molar-refractivity contribution in [2.45, 2.75) is 25.9 Å². The van der Waals surface area contributed by atoms with E-state index in [2.05, 4.69) is 27.5 Å². The molecular weight excluding hydrogens is 260 g/mol. The first-order valence-electron chi connectivity index (χ1n) is 6.64. The van der Waals surface area contributed by atoms with Crippen molar-refractivity contribution in [3.8, 4) is 0 Å². The van der Waals surface area contributed by atoms with Crippen molar-refractivity contribution in [3.05, 3.63) is 16.1 Å². The number of carbonyl (C=O) groups is 1. The van der Waals surface area contributed by atoms with Gasteiger partial charge in [-0.05, 0) is 6.92 Å². The van der Waals surface area contributed by atoms with Crippen molar-refractivity contribution in [1.82, 2.24) is 20.1 Å². The van der Waals surface area contributed by atoms with Crippen LogP contribution < -0.4 is 5.32 Å². The second-order valence-electron chi connectivity index (χ2n) is 5.29. The molecule has 1 aromatic heterocycles. The summed E-state index contributed by atoms with van der Waals surface area (Å²) >= 11 is 1.58. The maximum Gasteiger partial charge on any atom is 0.228 e. The predicted molar refractivity (Wildman–Crippen MR) is 77.3 cm³/mol. The predicted octanol–water partition coefficient (Wildman–Crippen LogP) is 0.567. The molecule has 0 unspecified atom stereocenters. The lowest BCUT2D eigenvalue weighted by molar-refractivity contribution is -0.127. The van der Waals surface area contributed by atoms with Gasteiger partial charge in [0.1, 0.15) is 5.01 Å². The third-order valence-electron chi connectivity index (χ3n) is 3.24. The van der Waals surface area contributed by atoms with E-state index in [0.29, 0.717) is 12.5 Å². The molecule has 5 nitrogen and oxygen atoms in total. The summed E-state index contributed by atoms with van der Waals surface area (Å²) in [6.45, 7) is 6.25. The van der Waals surface area contributed by atoms with Crippen LogP contribution in [0.2, 0.25) is 0 Å². The van der Waals surface area contributed by atoms with E-state index in [1.54, 1.807) is 30.3 Å². The number of piperazine rings is 1. The lowest BCUT2D eigenvalue weighted by Gasteiger charge is -2.31. The summed E-state index contributed by atoms with van der Waals surface area (Å²) in [4.78, 5) is 20.2. The molecule has 0 aromatic carbocycles. The fourth-order valence-electron chi connectivity index (χ4n) is 2.18. The fraction of sp³-hybridized carbons (Fsp3) is 0.692. The van der Waals surface area contributed by atoms with E-state index in [9.17, 15) is 4.79 Å². The van der Waals surface area contributed by atoms with Gasteiger partial charge in [-0.15, -0.1) is 11.3 Å². The molecule has 1 atom stereocenters. The third kappa shape index (κ3) is 4.26. The Morgan fingerprint density at radius 1 is 1.63 bits per heavy atom. The van der Waals surface area contributed by atoms with E-state index in [1.165, 1.54) is 0 Å². The van der Waals surface area contributed by atoms with Crippen LogP contribution in [0.25, 0.3) is 0 Å². The highest BCUT2D eigenvalue weighted by atomic mass is 32.1. The number of nitrogens with one attached hydrogen (secondary N) is 1. The molecule has 1 fully saturated rings. The standard InChI is InChI=1S/C13H22N4OS/c1-10-7-17(5-4-14-10)8-11-9-19-12(15-11)6-13(18)16(2)3/h9-10,14H,4-8H2,1-3H3/t10-/m0/s1. The average Bonchev–Trinajstić information content (AvgIpc) is 2.76. The molecule has 106 valence electrons. The minimum Gasteiger partial charge on any atom is -0.348 e. The highest BCUT2D eigenvalue weighted by Gasteiger charge is 2.17. The van der Waals surface area contributed by atoms with Crippen molar-refractivity contribution in [1.29, 1.82) is 0 Å². The van der Waals surface area contributed by atoms with Crippen molar-refractivity contribution in [2.24, 2.45) is 0 Å². The zero-order chi connectivity index (χ0) is 13.8. The van der Waals surface area contributed by atoms with Crippen LogP contribution in [0.3, 0.4) is 0 Å². The SMILES string of the molecule is C[C@H]1CN(Cc2csc(CC(=O)N(C)C)n2)CCN1. The van der Waals surface area contributed by atoms with Gasteiger partial charge < -0.3 is 10.2 Å². The number of hydrogen-bond acceptors (Lipinski definition) is 5. The van der Waals surface area contributed by atoms with Crippen LogP contribution in [0.4, 0.5) is 0 Å². The summed E-state index contributed by atoms with van der Waals surface area (Å²) in [5.74, 6) is 0.108. The third-order valence-corrected chi connectivity index (χ3v) is 4.14. The molecule has 1 amide bonds. The van der Waals surface area contributed by atoms with Crippen LogP contribution >= 0.6 is 11.3 Å². The van der Waals surface area contributed by atoms with Gasteiger partial charge in [0, 0.05) is 51.7 Å². The van der Waals surface area contributed by atoms with Gasteiger partial charge in [-0.3, -0.25) is 9.69 Å². The van der Waals surface area contributed by atoms with Gasteiger partial charge in [0.2, 0.25) is 5.91 Å². The van der Waals surface area contributed by atoms with Gasteiger partial charge in [0.25, 0.3) is 0 Å². The van der Waals surface area contributed by atoms with E-state index >= 15 is 0 Å². The van der Waals surface area contributed by atoms with Crippen LogP contribution in [0, 0.1) is 0 Å². The summed E-state index contributed by atoms with van der Waals surface area (Å²) in [5.41, 5.74) is 1.08. The van der Waals surface area contributed by atoms with Crippen LogP contribution in [0.1, 0.15) is 17.6 Å². The van der Waals surface area contributed by atoms with Crippen molar-refractivity contribution >= 4 is 17.2 Å². The molecule has 0 spiro atoms. The smallest absolute Gasteiger partial charge is 0.228 e. The monoisotopic (exact) mass is 282 g/mol. The second kappa shape index (κ2) is 6.45. The van der Waals surface area contributed by atoms with Gasteiger partial charge in [-0.25, -0.2) is 4.98 Å². The Morgan fingerprint density at radius 3 is 3.11 bits per heavy atom. The first kappa shape index (κ1) is 14.4. The van der Waals surface area contributed by atoms with Crippen LogP contribution in [-0.2, 0) is 17.8 Å². The number of hydrogen-bond donors (Lipinski definition) is 1. The lowest BCUT2D eigenvalue weighted by Crippen LogP contribution is -2.48. The first-order chi connectivity index (χ1) is 9.04. The zero-order valence-electron chi connectivity index (χ0n) is 11.8. The normalized spacial score (nSPS) is 20.5. The number of likely N-dealkylation sites (N-methyl/N-ethyl adjacent to an activating group) is 1. The van der Waals surface area contributed by atoms with Crippen LogP contribution in [0.15, 0.2) is 5.38 Å². The molecule has 19 heavy (non-hydrogen) atoms. The van der Waals surface area contributed by atoms with E-state index in [-0.39, 0.29) is 5.91 Å². The van der Waals surface area contributed by atoms with Crippen molar-refractivity contribution in [3.63, 3.8) is 0 Å². The Bertz CT molecular complexity index is 432. The molecule has 0 bridgehead atoms. The first-order valence-corrected chi connectivity index (χ1v) is 7.51. The number of carbonyl (C=O) groups excluding carboxylic acids is 1. The molecule has 2 heterocycles. The number of nitrogens with zero attached hydrogens (tertiary/aromatic N) is 3. The molecular formula is C13H22N4OS. The molecule has 1 N–H and O–H groups in total. The maximum atomic E-state index is 11.6. The largest absolute Gasteiger partial charge is 0.348 e. The Morgan fingerprint density at radius 2 is 2.42 bits per heavy atom. The summed E-state index contributed by atoms with van der Waals surface area (Å²) < 4.78 is 0. The van der Waals surface area contributed by atoms with E-state index in [4.69, 9.17) is 0 Å². The molecule has 1 aliphatic rings. The highest BCUT2D eigenvalue weighted by molar-refractivity contribution is 7.09. The van der Waals surface area contributed by atoms with E-state index in [1.807, 2.05) is 0 Å². The highest BCUT2D eigenvalue weighted by Crippen LogP contribution is 2.14. The lowest BCUT2D eigenvalue weighted by atomic mass is 10.2. The summed E-state index contributed by atoms with van der Waals surface area (Å²) in [5, 5.41) is 6.42. The van der Waals surface area contributed by atoms with E-state index < -0.39 is 0 Å². The molecule has 0 radical (unpaired) electrons. The average molecular weight is 282 g/mol. The summed E-state index contributed by atoms with van der Waals surface area (Å²) in [6.07, 6.45) is 0.412. The molecule has 6 heteroatoms. The van der Waals surface area contributed by atoms with Gasteiger partial charge in [0.15, 0.2) is 0 Å². The van der Waals surface area contributed by atoms with Gasteiger partial charge in [0.05, 0.1) is 12.1 Å². The summed E-state index contributed by atoms with van der Waals surface area (Å²) in [6, 6.07) is 0.544. The molecule has 2 rings (SSSR count). The van der Waals surface area contributed by atoms with Crippen molar-refractivity contribution < 1.29 is 4.79 Å². The number of rotatable bonds is 4. The molecule has 0 saturated carbocycles. The van der Waals surface area contributed by atoms with Crippen LogP contribution in [-0.4, -0.2) is 60.5 Å². The van der Waals surface area contributed by atoms with Crippen molar-refractivity contribution in [2.75, 3.05) is 33.7 Å². The van der Waals surface area contributed by atoms with E-state index in [0.717, 1.165) is 36.9 Å². The minimum atomic E-state index is 0.108. The summed E-state index contributed by atoms with van der Waals surface area (Å²) in [7, 11) is 3.55. The number of amides is 1. The van der Waals surface area contributed by atoms with Crippen LogP contribution in [0.5, 0.6) is 0 Å².